The van der Waals surface area contributed by atoms with E-state index in [0.717, 1.165) is 34.1 Å². The molecule has 1 aliphatic rings. The highest BCUT2D eigenvalue weighted by atomic mass is 19.1. The van der Waals surface area contributed by atoms with Gasteiger partial charge in [-0.15, -0.1) is 0 Å². The summed E-state index contributed by atoms with van der Waals surface area (Å²) in [5.41, 5.74) is 2.98. The fourth-order valence-corrected chi connectivity index (χ4v) is 3.57. The monoisotopic (exact) mass is 419 g/mol. The molecule has 4 amide bonds. The van der Waals surface area contributed by atoms with E-state index in [0.29, 0.717) is 5.56 Å². The molecule has 1 aliphatic heterocycles. The van der Waals surface area contributed by atoms with Crippen LogP contribution in [-0.4, -0.2) is 27.5 Å². The Morgan fingerprint density at radius 2 is 1.55 bits per heavy atom. The highest BCUT2D eigenvalue weighted by Crippen LogP contribution is 2.26. The van der Waals surface area contributed by atoms with Crippen LogP contribution in [0.3, 0.4) is 0 Å². The van der Waals surface area contributed by atoms with E-state index in [1.54, 1.807) is 24.3 Å². The van der Waals surface area contributed by atoms with Gasteiger partial charge in [0.2, 0.25) is 0 Å². The van der Waals surface area contributed by atoms with Crippen LogP contribution in [0.5, 0.6) is 5.75 Å². The van der Waals surface area contributed by atoms with Gasteiger partial charge in [-0.2, -0.15) is 0 Å². The molecule has 0 unspecified atom stereocenters. The third kappa shape index (κ3) is 3.59. The van der Waals surface area contributed by atoms with Crippen LogP contribution in [-0.2, 0) is 9.59 Å². The van der Waals surface area contributed by atoms with E-state index in [9.17, 15) is 23.9 Å². The number of benzene rings is 2. The standard InChI is InChI=1S/C23H18FN3O4/c1-13-11-15(14(2)26(13)17-7-9-19(28)10-8-17)12-20-21(29)25-23(31)27(22(20)30)18-5-3-16(24)4-6-18/h3-12,28H,1-2H3,(H,25,29,31)/b20-12-. The molecule has 31 heavy (non-hydrogen) atoms. The summed E-state index contributed by atoms with van der Waals surface area (Å²) in [7, 11) is 0. The SMILES string of the molecule is Cc1cc(/C=C2/C(=O)NC(=O)N(c3ccc(F)cc3)C2=O)c(C)n1-c1ccc(O)cc1. The van der Waals surface area contributed by atoms with Gasteiger partial charge in [0.1, 0.15) is 17.1 Å². The largest absolute Gasteiger partial charge is 0.508 e. The Balaban J connectivity index is 1.75. The number of phenolic OH excluding ortho intramolecular Hbond substituents is 1. The second-order valence-electron chi connectivity index (χ2n) is 7.11. The van der Waals surface area contributed by atoms with E-state index < -0.39 is 23.7 Å². The molecule has 2 aromatic carbocycles. The Kier molecular flexibility index (Phi) is 4.90. The second-order valence-corrected chi connectivity index (χ2v) is 7.11. The molecule has 0 atom stereocenters. The zero-order valence-electron chi connectivity index (χ0n) is 16.7. The number of rotatable bonds is 3. The number of urea groups is 1. The van der Waals surface area contributed by atoms with Gasteiger partial charge >= 0.3 is 6.03 Å². The number of aromatic hydroxyl groups is 1. The predicted octanol–water partition coefficient (Wildman–Crippen LogP) is 3.61. The molecule has 1 fully saturated rings. The van der Waals surface area contributed by atoms with Crippen LogP contribution >= 0.6 is 0 Å². The highest BCUT2D eigenvalue weighted by molar-refractivity contribution is 6.39. The minimum Gasteiger partial charge on any atom is -0.508 e. The van der Waals surface area contributed by atoms with Crippen molar-refractivity contribution >= 4 is 29.6 Å². The summed E-state index contributed by atoms with van der Waals surface area (Å²) in [5.74, 6) is -1.97. The Labute approximate surface area is 177 Å². The summed E-state index contributed by atoms with van der Waals surface area (Å²) < 4.78 is 15.2. The molecule has 1 aromatic heterocycles. The van der Waals surface area contributed by atoms with Gasteiger partial charge in [0, 0.05) is 17.1 Å². The molecule has 0 radical (unpaired) electrons. The fourth-order valence-electron chi connectivity index (χ4n) is 3.57. The van der Waals surface area contributed by atoms with E-state index in [-0.39, 0.29) is 17.0 Å². The molecule has 7 nitrogen and oxygen atoms in total. The van der Waals surface area contributed by atoms with Crippen molar-refractivity contribution in [1.82, 2.24) is 9.88 Å². The number of carbonyl (C=O) groups is 3. The Morgan fingerprint density at radius 1 is 0.935 bits per heavy atom. The molecule has 0 aliphatic carbocycles. The third-order valence-electron chi connectivity index (χ3n) is 5.06. The number of imide groups is 2. The molecule has 3 aromatic rings. The molecular formula is C23H18FN3O4. The van der Waals surface area contributed by atoms with E-state index >= 15 is 0 Å². The lowest BCUT2D eigenvalue weighted by Crippen LogP contribution is -2.54. The van der Waals surface area contributed by atoms with Gasteiger partial charge in [-0.1, -0.05) is 0 Å². The average Bonchev–Trinajstić information content (AvgIpc) is 3.00. The smallest absolute Gasteiger partial charge is 0.335 e. The number of aryl methyl sites for hydroxylation is 1. The van der Waals surface area contributed by atoms with Gasteiger partial charge < -0.3 is 9.67 Å². The molecule has 0 saturated carbocycles. The number of barbiturate groups is 1. The van der Waals surface area contributed by atoms with Crippen molar-refractivity contribution in [2.24, 2.45) is 0 Å². The van der Waals surface area contributed by atoms with Crippen molar-refractivity contribution in [3.8, 4) is 11.4 Å². The maximum Gasteiger partial charge on any atom is 0.335 e. The van der Waals surface area contributed by atoms with E-state index in [1.165, 1.54) is 18.2 Å². The number of hydrogen-bond donors (Lipinski definition) is 2. The first-order chi connectivity index (χ1) is 14.8. The number of anilines is 1. The normalized spacial score (nSPS) is 15.5. The predicted molar refractivity (Wildman–Crippen MR) is 112 cm³/mol. The van der Waals surface area contributed by atoms with Crippen molar-refractivity contribution in [2.75, 3.05) is 4.90 Å². The van der Waals surface area contributed by atoms with Crippen molar-refractivity contribution in [2.45, 2.75) is 13.8 Å². The van der Waals surface area contributed by atoms with Crippen LogP contribution in [0.4, 0.5) is 14.9 Å². The number of amides is 4. The number of hydrogen-bond acceptors (Lipinski definition) is 4. The molecule has 2 heterocycles. The zero-order valence-corrected chi connectivity index (χ0v) is 16.7. The van der Waals surface area contributed by atoms with Crippen LogP contribution in [0.15, 0.2) is 60.2 Å². The number of carbonyl (C=O) groups excluding carboxylic acids is 3. The van der Waals surface area contributed by atoms with Gasteiger partial charge in [-0.3, -0.25) is 14.9 Å². The van der Waals surface area contributed by atoms with Gasteiger partial charge in [0.25, 0.3) is 11.8 Å². The highest BCUT2D eigenvalue weighted by Gasteiger charge is 2.37. The molecule has 2 N–H and O–H groups in total. The fraction of sp³-hybridized carbons (Fsp3) is 0.0870. The van der Waals surface area contributed by atoms with Gasteiger partial charge in [0.05, 0.1) is 5.69 Å². The zero-order chi connectivity index (χ0) is 22.3. The van der Waals surface area contributed by atoms with Crippen LogP contribution in [0.25, 0.3) is 11.8 Å². The molecule has 8 heteroatoms. The van der Waals surface area contributed by atoms with Crippen LogP contribution in [0, 0.1) is 19.7 Å². The summed E-state index contributed by atoms with van der Waals surface area (Å²) in [6, 6.07) is 12.4. The quantitative estimate of drug-likeness (QED) is 0.501. The van der Waals surface area contributed by atoms with Crippen LogP contribution < -0.4 is 10.2 Å². The first-order valence-corrected chi connectivity index (χ1v) is 9.41. The van der Waals surface area contributed by atoms with Crippen molar-refractivity contribution in [3.63, 3.8) is 0 Å². The molecule has 156 valence electrons. The number of aromatic nitrogens is 1. The Morgan fingerprint density at radius 3 is 2.19 bits per heavy atom. The molecule has 0 bridgehead atoms. The Hall–Kier alpha value is -4.20. The lowest BCUT2D eigenvalue weighted by atomic mass is 10.1. The van der Waals surface area contributed by atoms with E-state index in [2.05, 4.69) is 5.32 Å². The summed E-state index contributed by atoms with van der Waals surface area (Å²) >= 11 is 0. The van der Waals surface area contributed by atoms with Gasteiger partial charge in [0.15, 0.2) is 0 Å². The van der Waals surface area contributed by atoms with Crippen molar-refractivity contribution in [1.29, 1.82) is 0 Å². The van der Waals surface area contributed by atoms with Crippen LogP contribution in [0.2, 0.25) is 0 Å². The summed E-state index contributed by atoms with van der Waals surface area (Å²) in [6.45, 7) is 3.71. The Bertz CT molecular complexity index is 1240. The summed E-state index contributed by atoms with van der Waals surface area (Å²) in [5, 5.41) is 11.7. The number of nitrogens with zero attached hydrogens (tertiary/aromatic N) is 2. The second kappa shape index (κ2) is 7.56. The maximum absolute atomic E-state index is 13.2. The van der Waals surface area contributed by atoms with Crippen LogP contribution in [0.1, 0.15) is 17.0 Å². The number of halogens is 1. The van der Waals surface area contributed by atoms with E-state index in [1.807, 2.05) is 24.5 Å². The topological polar surface area (TPSA) is 91.6 Å². The lowest BCUT2D eigenvalue weighted by Gasteiger charge is -2.26. The van der Waals surface area contributed by atoms with E-state index in [4.69, 9.17) is 0 Å². The molecule has 4 rings (SSSR count). The van der Waals surface area contributed by atoms with Crippen molar-refractivity contribution in [3.05, 3.63) is 82.9 Å². The molecule has 0 spiro atoms. The number of nitrogens with one attached hydrogen (secondary N) is 1. The summed E-state index contributed by atoms with van der Waals surface area (Å²) in [6.07, 6.45) is 1.43. The first-order valence-electron chi connectivity index (χ1n) is 9.41. The first kappa shape index (κ1) is 20.1. The molecule has 1 saturated heterocycles. The van der Waals surface area contributed by atoms with Gasteiger partial charge in [-0.05, 0) is 80.1 Å². The number of phenols is 1. The summed E-state index contributed by atoms with van der Waals surface area (Å²) in [4.78, 5) is 38.5. The van der Waals surface area contributed by atoms with Crippen molar-refractivity contribution < 1.29 is 23.9 Å². The maximum atomic E-state index is 13.2. The molecular weight excluding hydrogens is 401 g/mol. The average molecular weight is 419 g/mol. The van der Waals surface area contributed by atoms with Gasteiger partial charge in [-0.25, -0.2) is 14.1 Å². The third-order valence-corrected chi connectivity index (χ3v) is 5.06. The minimum absolute atomic E-state index is 0.142. The minimum atomic E-state index is -0.895. The lowest BCUT2D eigenvalue weighted by molar-refractivity contribution is -0.122.